The quantitative estimate of drug-likeness (QED) is 0.898. The molecule has 2 rings (SSSR count). The van der Waals surface area contributed by atoms with Crippen LogP contribution in [-0.2, 0) is 0 Å². The van der Waals surface area contributed by atoms with Crippen LogP contribution in [-0.4, -0.2) is 21.9 Å². The van der Waals surface area contributed by atoms with Gasteiger partial charge < -0.3 is 15.2 Å². The van der Waals surface area contributed by atoms with Crippen LogP contribution in [0.5, 0.6) is 17.5 Å². The maximum Gasteiger partial charge on any atom is 0.246 e. The van der Waals surface area contributed by atoms with Gasteiger partial charge in [-0.15, -0.1) is 0 Å². The van der Waals surface area contributed by atoms with Crippen molar-refractivity contribution in [3.8, 4) is 17.5 Å². The number of pyridine rings is 1. The summed E-state index contributed by atoms with van der Waals surface area (Å²) in [6.45, 7) is 4.07. The fourth-order valence-electron chi connectivity index (χ4n) is 1.40. The molecule has 0 saturated heterocycles. The zero-order valence-electron chi connectivity index (χ0n) is 10.6. The van der Waals surface area contributed by atoms with Gasteiger partial charge in [0.15, 0.2) is 5.75 Å². The van der Waals surface area contributed by atoms with Crippen LogP contribution >= 0.6 is 0 Å². The molecule has 0 spiro atoms. The lowest BCUT2D eigenvalue weighted by Gasteiger charge is -2.07. The van der Waals surface area contributed by atoms with E-state index in [4.69, 9.17) is 15.2 Å². The van der Waals surface area contributed by atoms with Gasteiger partial charge in [-0.2, -0.15) is 10.1 Å². The molecule has 2 N–H and O–H groups in total. The molecule has 0 fully saturated rings. The summed E-state index contributed by atoms with van der Waals surface area (Å²) in [7, 11) is 1.54. The molecule has 0 amide bonds. The number of methoxy groups -OCH3 is 1. The molecule has 0 atom stereocenters. The molecule has 6 heteroatoms. The number of nitrogen functional groups attached to an aromatic ring is 1. The van der Waals surface area contributed by atoms with E-state index in [0.29, 0.717) is 23.2 Å². The molecule has 0 unspecified atom stereocenters. The van der Waals surface area contributed by atoms with Crippen molar-refractivity contribution in [3.63, 3.8) is 0 Å². The number of anilines is 1. The van der Waals surface area contributed by atoms with E-state index < -0.39 is 0 Å². The fraction of sp³-hybridized carbons (Fsp3) is 0.333. The number of hydrogen-bond acceptors (Lipinski definition) is 5. The lowest BCUT2D eigenvalue weighted by Crippen LogP contribution is -2.00. The molecule has 2 aromatic rings. The summed E-state index contributed by atoms with van der Waals surface area (Å²) in [6, 6.07) is 3.64. The van der Waals surface area contributed by atoms with Gasteiger partial charge in [0, 0.05) is 12.1 Å². The van der Waals surface area contributed by atoms with Gasteiger partial charge in [0.1, 0.15) is 0 Å². The first-order valence-electron chi connectivity index (χ1n) is 5.62. The van der Waals surface area contributed by atoms with Gasteiger partial charge in [-0.1, -0.05) is 0 Å². The van der Waals surface area contributed by atoms with Crippen molar-refractivity contribution in [1.29, 1.82) is 0 Å². The molecular formula is C12H16N4O2. The van der Waals surface area contributed by atoms with Crippen LogP contribution < -0.4 is 15.2 Å². The topological polar surface area (TPSA) is 75.2 Å². The predicted molar refractivity (Wildman–Crippen MR) is 67.9 cm³/mol. The van der Waals surface area contributed by atoms with E-state index in [1.807, 2.05) is 13.8 Å². The van der Waals surface area contributed by atoms with Gasteiger partial charge >= 0.3 is 0 Å². The number of nitrogens with zero attached hydrogens (tertiary/aromatic N) is 3. The van der Waals surface area contributed by atoms with E-state index in [9.17, 15) is 0 Å². The highest BCUT2D eigenvalue weighted by atomic mass is 16.5. The van der Waals surface area contributed by atoms with E-state index in [1.54, 1.807) is 36.3 Å². The van der Waals surface area contributed by atoms with Gasteiger partial charge in [-0.25, -0.2) is 0 Å². The molecule has 0 aliphatic carbocycles. The maximum absolute atomic E-state index is 5.79. The summed E-state index contributed by atoms with van der Waals surface area (Å²) in [5.41, 5.74) is 6.24. The molecule has 6 nitrogen and oxygen atoms in total. The SMILES string of the molecule is COc1ccc(N)c(Oc2cnn(C(C)C)c2)n1. The molecule has 0 radical (unpaired) electrons. The Morgan fingerprint density at radius 1 is 1.33 bits per heavy atom. The van der Waals surface area contributed by atoms with Crippen molar-refractivity contribution in [2.45, 2.75) is 19.9 Å². The zero-order valence-corrected chi connectivity index (χ0v) is 10.6. The summed E-state index contributed by atoms with van der Waals surface area (Å²) in [6.07, 6.45) is 3.42. The lowest BCUT2D eigenvalue weighted by atomic mass is 10.4. The third kappa shape index (κ3) is 2.53. The molecule has 0 bridgehead atoms. The summed E-state index contributed by atoms with van der Waals surface area (Å²) in [4.78, 5) is 4.13. The zero-order chi connectivity index (χ0) is 13.1. The highest BCUT2D eigenvalue weighted by Crippen LogP contribution is 2.27. The minimum absolute atomic E-state index is 0.276. The number of rotatable bonds is 4. The van der Waals surface area contributed by atoms with Crippen molar-refractivity contribution in [3.05, 3.63) is 24.5 Å². The Labute approximate surface area is 105 Å². The van der Waals surface area contributed by atoms with Crippen LogP contribution in [0.1, 0.15) is 19.9 Å². The second-order valence-corrected chi connectivity index (χ2v) is 4.10. The van der Waals surface area contributed by atoms with Crippen LogP contribution in [0.4, 0.5) is 5.69 Å². The van der Waals surface area contributed by atoms with Crippen molar-refractivity contribution < 1.29 is 9.47 Å². The van der Waals surface area contributed by atoms with Gasteiger partial charge in [-0.05, 0) is 19.9 Å². The highest BCUT2D eigenvalue weighted by Gasteiger charge is 2.08. The Morgan fingerprint density at radius 3 is 2.72 bits per heavy atom. The Hall–Kier alpha value is -2.24. The third-order valence-electron chi connectivity index (χ3n) is 2.39. The molecule has 0 saturated carbocycles. The molecule has 18 heavy (non-hydrogen) atoms. The first kappa shape index (κ1) is 12.2. The fourth-order valence-corrected chi connectivity index (χ4v) is 1.40. The van der Waals surface area contributed by atoms with Crippen LogP contribution in [0.3, 0.4) is 0 Å². The molecule has 0 aliphatic heterocycles. The molecular weight excluding hydrogens is 232 g/mol. The van der Waals surface area contributed by atoms with E-state index in [1.165, 1.54) is 0 Å². The summed E-state index contributed by atoms with van der Waals surface area (Å²) in [5.74, 6) is 1.37. The van der Waals surface area contributed by atoms with Crippen molar-refractivity contribution in [2.75, 3.05) is 12.8 Å². The van der Waals surface area contributed by atoms with Crippen LogP contribution in [0.2, 0.25) is 0 Å². The Morgan fingerprint density at radius 2 is 2.11 bits per heavy atom. The minimum atomic E-state index is 0.276. The Bertz CT molecular complexity index is 537. The average Bonchev–Trinajstić information content (AvgIpc) is 2.81. The molecule has 96 valence electrons. The monoisotopic (exact) mass is 248 g/mol. The second-order valence-electron chi connectivity index (χ2n) is 4.10. The molecule has 0 aliphatic rings. The summed E-state index contributed by atoms with van der Waals surface area (Å²) < 4.78 is 12.4. The smallest absolute Gasteiger partial charge is 0.246 e. The molecule has 0 aromatic carbocycles. The van der Waals surface area contributed by atoms with Crippen LogP contribution in [0.25, 0.3) is 0 Å². The van der Waals surface area contributed by atoms with E-state index in [0.717, 1.165) is 0 Å². The van der Waals surface area contributed by atoms with E-state index in [-0.39, 0.29) is 6.04 Å². The molecule has 2 heterocycles. The first-order valence-corrected chi connectivity index (χ1v) is 5.62. The minimum Gasteiger partial charge on any atom is -0.481 e. The number of nitrogens with two attached hydrogens (primary N) is 1. The largest absolute Gasteiger partial charge is 0.481 e. The summed E-state index contributed by atoms with van der Waals surface area (Å²) in [5, 5.41) is 4.18. The second kappa shape index (κ2) is 4.95. The Balaban J connectivity index is 2.22. The van der Waals surface area contributed by atoms with Crippen molar-refractivity contribution in [1.82, 2.24) is 14.8 Å². The van der Waals surface area contributed by atoms with Gasteiger partial charge in [0.05, 0.1) is 25.2 Å². The van der Waals surface area contributed by atoms with Crippen molar-refractivity contribution >= 4 is 5.69 Å². The van der Waals surface area contributed by atoms with Crippen molar-refractivity contribution in [2.24, 2.45) is 0 Å². The number of ether oxygens (including phenoxy) is 2. The van der Waals surface area contributed by atoms with Gasteiger partial charge in [-0.3, -0.25) is 4.68 Å². The highest BCUT2D eigenvalue weighted by molar-refractivity contribution is 5.50. The standard InChI is InChI=1S/C12H16N4O2/c1-8(2)16-7-9(6-14-16)18-12-10(13)4-5-11(15-12)17-3/h4-8H,13H2,1-3H3. The average molecular weight is 248 g/mol. The van der Waals surface area contributed by atoms with Crippen LogP contribution in [0, 0.1) is 0 Å². The van der Waals surface area contributed by atoms with Crippen LogP contribution in [0.15, 0.2) is 24.5 Å². The Kier molecular flexibility index (Phi) is 3.36. The normalized spacial score (nSPS) is 10.7. The van der Waals surface area contributed by atoms with Gasteiger partial charge in [0.25, 0.3) is 0 Å². The maximum atomic E-state index is 5.79. The van der Waals surface area contributed by atoms with Gasteiger partial charge in [0.2, 0.25) is 11.8 Å². The predicted octanol–water partition coefficient (Wildman–Crippen LogP) is 2.24. The number of hydrogen-bond donors (Lipinski definition) is 1. The number of aromatic nitrogens is 3. The molecule has 2 aromatic heterocycles. The van der Waals surface area contributed by atoms with E-state index >= 15 is 0 Å². The van der Waals surface area contributed by atoms with E-state index in [2.05, 4.69) is 10.1 Å². The lowest BCUT2D eigenvalue weighted by molar-refractivity contribution is 0.384. The summed E-state index contributed by atoms with van der Waals surface area (Å²) >= 11 is 0. The third-order valence-corrected chi connectivity index (χ3v) is 2.39. The first-order chi connectivity index (χ1) is 8.60.